The first kappa shape index (κ1) is 15.4. The summed E-state index contributed by atoms with van der Waals surface area (Å²) in [6.07, 6.45) is 0.695. The minimum absolute atomic E-state index is 0.0361. The summed E-state index contributed by atoms with van der Waals surface area (Å²) in [6.45, 7) is 6.61. The van der Waals surface area contributed by atoms with E-state index in [9.17, 15) is 9.18 Å². The van der Waals surface area contributed by atoms with E-state index in [1.54, 1.807) is 12.1 Å². The lowest BCUT2D eigenvalue weighted by molar-refractivity contribution is 0.225. The van der Waals surface area contributed by atoms with Gasteiger partial charge in [0, 0.05) is 11.7 Å². The molecule has 2 amide bonds. The molecule has 0 saturated heterocycles. The van der Waals surface area contributed by atoms with Gasteiger partial charge in [0.2, 0.25) is 0 Å². The van der Waals surface area contributed by atoms with E-state index >= 15 is 0 Å². The Morgan fingerprint density at radius 3 is 2.63 bits per heavy atom. The molecule has 0 aliphatic rings. The number of nitrogens with two attached hydrogens (primary N) is 1. The predicted octanol–water partition coefficient (Wildman–Crippen LogP) is 2.71. The Morgan fingerprint density at radius 1 is 1.42 bits per heavy atom. The van der Waals surface area contributed by atoms with E-state index in [1.165, 1.54) is 12.1 Å². The summed E-state index contributed by atoms with van der Waals surface area (Å²) in [7, 11) is 0. The average Bonchev–Trinajstić information content (AvgIpc) is 2.27. The molecule has 1 unspecified atom stereocenters. The number of amides is 2. The van der Waals surface area contributed by atoms with Crippen LogP contribution in [0.25, 0.3) is 0 Å². The van der Waals surface area contributed by atoms with Crippen LogP contribution in [-0.4, -0.2) is 18.6 Å². The monoisotopic (exact) mass is 267 g/mol. The van der Waals surface area contributed by atoms with Crippen LogP contribution in [0.5, 0.6) is 0 Å². The van der Waals surface area contributed by atoms with Crippen molar-refractivity contribution in [2.24, 2.45) is 11.1 Å². The number of benzene rings is 1. The summed E-state index contributed by atoms with van der Waals surface area (Å²) in [5, 5.41) is 5.49. The van der Waals surface area contributed by atoms with Gasteiger partial charge in [-0.15, -0.1) is 0 Å². The van der Waals surface area contributed by atoms with Crippen molar-refractivity contribution < 1.29 is 9.18 Å². The highest BCUT2D eigenvalue weighted by atomic mass is 19.1. The lowest BCUT2D eigenvalue weighted by atomic mass is 9.85. The van der Waals surface area contributed by atoms with Gasteiger partial charge in [-0.05, 0) is 36.6 Å². The number of hydrogen-bond acceptors (Lipinski definition) is 2. The van der Waals surface area contributed by atoms with Gasteiger partial charge in [0.25, 0.3) is 0 Å². The number of anilines is 1. The van der Waals surface area contributed by atoms with Crippen molar-refractivity contribution in [3.63, 3.8) is 0 Å². The third-order valence-corrected chi connectivity index (χ3v) is 2.89. The fourth-order valence-corrected chi connectivity index (χ4v) is 1.78. The summed E-state index contributed by atoms with van der Waals surface area (Å²) in [6, 6.07) is 5.40. The maximum Gasteiger partial charge on any atom is 0.319 e. The van der Waals surface area contributed by atoms with Crippen LogP contribution in [0.4, 0.5) is 14.9 Å². The molecule has 4 N–H and O–H groups in total. The van der Waals surface area contributed by atoms with Gasteiger partial charge in [-0.1, -0.05) is 26.8 Å². The predicted molar refractivity (Wildman–Crippen MR) is 75.5 cm³/mol. The standard InChI is InChI=1S/C14H22FN3O/c1-14(2,3)12(7-8-16)18-13(19)17-11-6-4-5-10(15)9-11/h4-6,9,12H,7-8,16H2,1-3H3,(H2,17,18,19). The van der Waals surface area contributed by atoms with Crippen LogP contribution in [-0.2, 0) is 0 Å². The second-order valence-electron chi connectivity index (χ2n) is 5.60. The van der Waals surface area contributed by atoms with Crippen LogP contribution >= 0.6 is 0 Å². The molecule has 0 aliphatic heterocycles. The number of nitrogens with one attached hydrogen (secondary N) is 2. The first-order chi connectivity index (χ1) is 8.82. The SMILES string of the molecule is CC(C)(C)C(CCN)NC(=O)Nc1cccc(F)c1. The molecule has 1 rings (SSSR count). The summed E-state index contributed by atoms with van der Waals surface area (Å²) in [5.41, 5.74) is 5.90. The Kier molecular flexibility index (Phi) is 5.30. The highest BCUT2D eigenvalue weighted by Gasteiger charge is 2.25. The average molecular weight is 267 g/mol. The lowest BCUT2D eigenvalue weighted by Gasteiger charge is -2.31. The first-order valence-corrected chi connectivity index (χ1v) is 6.36. The number of urea groups is 1. The van der Waals surface area contributed by atoms with Gasteiger partial charge in [0.1, 0.15) is 5.82 Å². The van der Waals surface area contributed by atoms with E-state index in [0.29, 0.717) is 18.7 Å². The van der Waals surface area contributed by atoms with Gasteiger partial charge in [-0.3, -0.25) is 0 Å². The van der Waals surface area contributed by atoms with Crippen molar-refractivity contribution in [1.82, 2.24) is 5.32 Å². The molecule has 1 aromatic carbocycles. The lowest BCUT2D eigenvalue weighted by Crippen LogP contribution is -2.46. The number of hydrogen-bond donors (Lipinski definition) is 3. The Morgan fingerprint density at radius 2 is 2.11 bits per heavy atom. The maximum absolute atomic E-state index is 13.0. The van der Waals surface area contributed by atoms with E-state index in [0.717, 1.165) is 0 Å². The number of carbonyl (C=O) groups excluding carboxylic acids is 1. The smallest absolute Gasteiger partial charge is 0.319 e. The van der Waals surface area contributed by atoms with Crippen molar-refractivity contribution in [3.05, 3.63) is 30.1 Å². The molecule has 19 heavy (non-hydrogen) atoms. The molecule has 0 aromatic heterocycles. The Bertz CT molecular complexity index is 429. The van der Waals surface area contributed by atoms with E-state index in [2.05, 4.69) is 10.6 Å². The molecule has 0 radical (unpaired) electrons. The Labute approximate surface area is 113 Å². The number of rotatable bonds is 4. The van der Waals surface area contributed by atoms with Crippen molar-refractivity contribution in [1.29, 1.82) is 0 Å². The van der Waals surface area contributed by atoms with Gasteiger partial charge in [-0.25, -0.2) is 9.18 Å². The van der Waals surface area contributed by atoms with Crippen LogP contribution < -0.4 is 16.4 Å². The zero-order valence-electron chi connectivity index (χ0n) is 11.7. The largest absolute Gasteiger partial charge is 0.335 e. The quantitative estimate of drug-likeness (QED) is 0.785. The Hall–Kier alpha value is -1.62. The van der Waals surface area contributed by atoms with Crippen molar-refractivity contribution in [2.75, 3.05) is 11.9 Å². The van der Waals surface area contributed by atoms with Crippen molar-refractivity contribution in [2.45, 2.75) is 33.2 Å². The maximum atomic E-state index is 13.0. The third kappa shape index (κ3) is 5.26. The molecular weight excluding hydrogens is 245 g/mol. The zero-order valence-corrected chi connectivity index (χ0v) is 11.7. The molecule has 0 aliphatic carbocycles. The second-order valence-corrected chi connectivity index (χ2v) is 5.60. The molecule has 0 heterocycles. The van der Waals surface area contributed by atoms with E-state index in [-0.39, 0.29) is 23.3 Å². The highest BCUT2D eigenvalue weighted by molar-refractivity contribution is 5.89. The summed E-state index contributed by atoms with van der Waals surface area (Å²) in [5.74, 6) is -0.382. The minimum Gasteiger partial charge on any atom is -0.335 e. The van der Waals surface area contributed by atoms with Crippen LogP contribution in [0, 0.1) is 11.2 Å². The van der Waals surface area contributed by atoms with Crippen LogP contribution in [0.15, 0.2) is 24.3 Å². The van der Waals surface area contributed by atoms with Crippen LogP contribution in [0.3, 0.4) is 0 Å². The highest BCUT2D eigenvalue weighted by Crippen LogP contribution is 2.21. The molecule has 0 bridgehead atoms. The van der Waals surface area contributed by atoms with Gasteiger partial charge in [-0.2, -0.15) is 0 Å². The van der Waals surface area contributed by atoms with Gasteiger partial charge in [0.15, 0.2) is 0 Å². The van der Waals surface area contributed by atoms with Gasteiger partial charge >= 0.3 is 6.03 Å². The fourth-order valence-electron chi connectivity index (χ4n) is 1.78. The normalized spacial score (nSPS) is 12.9. The summed E-state index contributed by atoms with van der Waals surface area (Å²) in [4.78, 5) is 11.9. The molecule has 0 saturated carbocycles. The molecule has 4 nitrogen and oxygen atoms in total. The molecule has 0 spiro atoms. The number of halogens is 1. The van der Waals surface area contributed by atoms with Crippen molar-refractivity contribution >= 4 is 11.7 Å². The first-order valence-electron chi connectivity index (χ1n) is 6.36. The van der Waals surface area contributed by atoms with Crippen molar-refractivity contribution in [3.8, 4) is 0 Å². The molecule has 0 fully saturated rings. The van der Waals surface area contributed by atoms with E-state index in [1.807, 2.05) is 20.8 Å². The summed E-state index contributed by atoms with van der Waals surface area (Å²) < 4.78 is 13.0. The Balaban J connectivity index is 2.63. The van der Waals surface area contributed by atoms with E-state index < -0.39 is 0 Å². The summed E-state index contributed by atoms with van der Waals surface area (Å²) >= 11 is 0. The molecule has 1 aromatic rings. The molecule has 1 atom stereocenters. The van der Waals surface area contributed by atoms with E-state index in [4.69, 9.17) is 5.73 Å². The zero-order chi connectivity index (χ0) is 14.5. The fraction of sp³-hybridized carbons (Fsp3) is 0.500. The topological polar surface area (TPSA) is 67.1 Å². The minimum atomic E-state index is -0.382. The molecular formula is C14H22FN3O. The second kappa shape index (κ2) is 6.52. The molecule has 106 valence electrons. The van der Waals surface area contributed by atoms with Gasteiger partial charge in [0.05, 0.1) is 0 Å². The third-order valence-electron chi connectivity index (χ3n) is 2.89. The van der Waals surface area contributed by atoms with Crippen LogP contribution in [0.2, 0.25) is 0 Å². The van der Waals surface area contributed by atoms with Crippen LogP contribution in [0.1, 0.15) is 27.2 Å². The number of carbonyl (C=O) groups is 1. The van der Waals surface area contributed by atoms with Gasteiger partial charge < -0.3 is 16.4 Å². The molecule has 5 heteroatoms.